The molecular weight excluding hydrogens is 330 g/mol. The average Bonchev–Trinajstić information content (AvgIpc) is 2.74. The van der Waals surface area contributed by atoms with Crippen LogP contribution in [0.25, 0.3) is 16.5 Å². The molecule has 1 aromatic heterocycles. The number of pyridine rings is 1. The summed E-state index contributed by atoms with van der Waals surface area (Å²) >= 11 is 0. The summed E-state index contributed by atoms with van der Waals surface area (Å²) in [5.41, 5.74) is 5.93. The van der Waals surface area contributed by atoms with Crippen LogP contribution in [0.5, 0.6) is 0 Å². The highest BCUT2D eigenvalue weighted by Crippen LogP contribution is 2.33. The second-order valence-corrected chi connectivity index (χ2v) is 7.68. The van der Waals surface area contributed by atoms with E-state index in [9.17, 15) is 0 Å². The van der Waals surface area contributed by atoms with E-state index in [1.54, 1.807) is 0 Å². The van der Waals surface area contributed by atoms with Crippen molar-refractivity contribution in [1.82, 2.24) is 10.3 Å². The lowest BCUT2D eigenvalue weighted by molar-refractivity contribution is 0.397. The zero-order chi connectivity index (χ0) is 18.1. The van der Waals surface area contributed by atoms with E-state index in [4.69, 9.17) is 4.98 Å². The van der Waals surface area contributed by atoms with E-state index in [0.717, 1.165) is 23.5 Å². The third-order valence-corrected chi connectivity index (χ3v) is 5.81. The second kappa shape index (κ2) is 7.07. The number of hydrogen-bond acceptors (Lipinski definition) is 3. The summed E-state index contributed by atoms with van der Waals surface area (Å²) in [7, 11) is 0. The summed E-state index contributed by atoms with van der Waals surface area (Å²) in [5.74, 6) is 1.14. The first-order valence-corrected chi connectivity index (χ1v) is 10.1. The van der Waals surface area contributed by atoms with Gasteiger partial charge >= 0.3 is 0 Å². The quantitative estimate of drug-likeness (QED) is 0.652. The number of nitrogens with one attached hydrogen (secondary N) is 2. The number of nitrogens with zero attached hydrogens (tertiary/aromatic N) is 1. The van der Waals surface area contributed by atoms with Gasteiger partial charge in [0.25, 0.3) is 0 Å². The van der Waals surface area contributed by atoms with Crippen LogP contribution in [0, 0.1) is 0 Å². The maximum absolute atomic E-state index is 4.98. The summed E-state index contributed by atoms with van der Waals surface area (Å²) in [6.45, 7) is 0. The van der Waals surface area contributed by atoms with Gasteiger partial charge in [-0.05, 0) is 36.6 Å². The highest BCUT2D eigenvalue weighted by Gasteiger charge is 2.23. The topological polar surface area (TPSA) is 37.0 Å². The maximum atomic E-state index is 4.98. The molecule has 1 fully saturated rings. The highest BCUT2D eigenvalue weighted by atomic mass is 15.1. The minimum atomic E-state index is 0.557. The third-order valence-electron chi connectivity index (χ3n) is 5.81. The predicted octanol–water partition coefficient (Wildman–Crippen LogP) is 5.49. The van der Waals surface area contributed by atoms with Crippen LogP contribution in [0.1, 0.15) is 43.4 Å². The Balaban J connectivity index is 1.56. The second-order valence-electron chi connectivity index (χ2n) is 7.68. The maximum Gasteiger partial charge on any atom is 0.109 e. The number of benzene rings is 2. The fourth-order valence-electron chi connectivity index (χ4n) is 4.31. The molecule has 5 rings (SSSR count). The number of fused-ring (bicyclic) bond motifs is 2. The van der Waals surface area contributed by atoms with Gasteiger partial charge in [0.2, 0.25) is 0 Å². The summed E-state index contributed by atoms with van der Waals surface area (Å²) in [5, 5.41) is 8.68. The van der Waals surface area contributed by atoms with Crippen molar-refractivity contribution in [2.45, 2.75) is 44.6 Å². The van der Waals surface area contributed by atoms with Crippen molar-refractivity contribution in [1.29, 1.82) is 0 Å². The van der Waals surface area contributed by atoms with Crippen LogP contribution in [0.4, 0.5) is 5.69 Å². The molecule has 3 aromatic rings. The van der Waals surface area contributed by atoms with Crippen LogP contribution in [-0.4, -0.2) is 11.0 Å². The molecule has 2 aromatic carbocycles. The van der Waals surface area contributed by atoms with E-state index in [2.05, 4.69) is 71.3 Å². The molecule has 1 saturated carbocycles. The average molecular weight is 355 g/mol. The van der Waals surface area contributed by atoms with Crippen molar-refractivity contribution >= 4 is 22.2 Å². The molecule has 3 nitrogen and oxygen atoms in total. The number of allylic oxidation sites excluding steroid dienone is 1. The Hall–Kier alpha value is -2.81. The molecular formula is C24H25N3. The van der Waals surface area contributed by atoms with Crippen LogP contribution in [0.2, 0.25) is 0 Å². The smallest absolute Gasteiger partial charge is 0.109 e. The fourth-order valence-corrected chi connectivity index (χ4v) is 4.31. The van der Waals surface area contributed by atoms with Crippen LogP contribution in [-0.2, 0) is 6.42 Å². The Kier molecular flexibility index (Phi) is 4.29. The number of rotatable bonds is 3. The van der Waals surface area contributed by atoms with Crippen LogP contribution < -0.4 is 10.6 Å². The van der Waals surface area contributed by atoms with Gasteiger partial charge < -0.3 is 10.6 Å². The molecule has 0 spiro atoms. The van der Waals surface area contributed by atoms with Crippen molar-refractivity contribution in [3.8, 4) is 0 Å². The molecule has 1 aliphatic carbocycles. The predicted molar refractivity (Wildman–Crippen MR) is 112 cm³/mol. The van der Waals surface area contributed by atoms with Gasteiger partial charge in [-0.15, -0.1) is 0 Å². The molecule has 0 radical (unpaired) electrons. The van der Waals surface area contributed by atoms with E-state index in [1.165, 1.54) is 54.3 Å². The van der Waals surface area contributed by atoms with Crippen molar-refractivity contribution in [3.63, 3.8) is 0 Å². The Bertz CT molecular complexity index is 999. The van der Waals surface area contributed by atoms with E-state index >= 15 is 0 Å². The Morgan fingerprint density at radius 2 is 1.67 bits per heavy atom. The largest absolute Gasteiger partial charge is 0.369 e. The number of hydrogen-bond donors (Lipinski definition) is 2. The Morgan fingerprint density at radius 1 is 0.852 bits per heavy atom. The Morgan fingerprint density at radius 3 is 2.59 bits per heavy atom. The van der Waals surface area contributed by atoms with Crippen LogP contribution in [0.3, 0.4) is 0 Å². The summed E-state index contributed by atoms with van der Waals surface area (Å²) < 4.78 is 0. The number of aromatic nitrogens is 1. The summed E-state index contributed by atoms with van der Waals surface area (Å²) in [6.07, 6.45) is 7.43. The monoisotopic (exact) mass is 355 g/mol. The molecule has 0 amide bonds. The lowest BCUT2D eigenvalue weighted by atomic mass is 9.93. The van der Waals surface area contributed by atoms with Gasteiger partial charge in [0, 0.05) is 29.1 Å². The first-order chi connectivity index (χ1) is 13.4. The molecule has 2 N–H and O–H groups in total. The van der Waals surface area contributed by atoms with Gasteiger partial charge in [0.15, 0.2) is 0 Å². The van der Waals surface area contributed by atoms with E-state index in [0.29, 0.717) is 6.04 Å². The van der Waals surface area contributed by atoms with Crippen molar-refractivity contribution in [2.75, 3.05) is 5.32 Å². The molecule has 0 atom stereocenters. The minimum absolute atomic E-state index is 0.557. The van der Waals surface area contributed by atoms with E-state index in [1.807, 2.05) is 0 Å². The van der Waals surface area contributed by atoms with Gasteiger partial charge in [-0.25, -0.2) is 4.98 Å². The Labute approximate surface area is 160 Å². The van der Waals surface area contributed by atoms with Gasteiger partial charge in [-0.3, -0.25) is 0 Å². The highest BCUT2D eigenvalue weighted by molar-refractivity contribution is 5.83. The van der Waals surface area contributed by atoms with Gasteiger partial charge in [0.1, 0.15) is 5.82 Å². The number of para-hydroxylation sites is 2. The third kappa shape index (κ3) is 3.30. The van der Waals surface area contributed by atoms with Gasteiger partial charge in [-0.1, -0.05) is 61.7 Å². The summed E-state index contributed by atoms with van der Waals surface area (Å²) in [4.78, 5) is 4.98. The molecule has 0 bridgehead atoms. The molecule has 0 unspecified atom stereocenters. The van der Waals surface area contributed by atoms with Crippen LogP contribution in [0.15, 0.2) is 66.5 Å². The minimum Gasteiger partial charge on any atom is -0.369 e. The zero-order valence-corrected chi connectivity index (χ0v) is 15.5. The first-order valence-electron chi connectivity index (χ1n) is 10.1. The summed E-state index contributed by atoms with van der Waals surface area (Å²) in [6, 6.07) is 21.8. The van der Waals surface area contributed by atoms with E-state index < -0.39 is 0 Å². The molecule has 27 heavy (non-hydrogen) atoms. The lowest BCUT2D eigenvalue weighted by Crippen LogP contribution is -2.35. The molecule has 2 aliphatic rings. The standard InChI is InChI=1S/C24H25N3/c1-2-10-19(11-3-1)25-24-20(16-18-9-5-7-13-22(18)27-24)23-15-14-17-8-4-6-12-21(17)26-23/h4-9,12-15,19,25,27H,1-3,10-11,16H2. The molecule has 1 aliphatic heterocycles. The van der Waals surface area contributed by atoms with Gasteiger partial charge in [0.05, 0.1) is 11.2 Å². The van der Waals surface area contributed by atoms with Crippen molar-refractivity contribution < 1.29 is 0 Å². The van der Waals surface area contributed by atoms with Crippen LogP contribution >= 0.6 is 0 Å². The lowest BCUT2D eigenvalue weighted by Gasteiger charge is -2.31. The van der Waals surface area contributed by atoms with Gasteiger partial charge in [-0.2, -0.15) is 0 Å². The molecule has 2 heterocycles. The molecule has 136 valence electrons. The first kappa shape index (κ1) is 16.4. The molecule has 0 saturated heterocycles. The van der Waals surface area contributed by atoms with E-state index in [-0.39, 0.29) is 0 Å². The molecule has 3 heteroatoms. The van der Waals surface area contributed by atoms with Crippen molar-refractivity contribution in [2.24, 2.45) is 0 Å². The van der Waals surface area contributed by atoms with Crippen molar-refractivity contribution in [3.05, 3.63) is 77.7 Å². The normalized spacial score (nSPS) is 17.5. The fraction of sp³-hybridized carbons (Fsp3) is 0.292. The number of anilines is 1. The zero-order valence-electron chi connectivity index (χ0n) is 15.5. The SMILES string of the molecule is c1ccc2c(c1)CC(c1ccc3ccccc3n1)=C(NC1CCCCC1)N2.